The number of unbranched alkanes of at least 4 members (excludes halogenated alkanes) is 4. The van der Waals surface area contributed by atoms with Crippen molar-refractivity contribution in [2.75, 3.05) is 32.2 Å². The molecule has 0 aromatic heterocycles. The van der Waals surface area contributed by atoms with E-state index in [4.69, 9.17) is 4.74 Å². The van der Waals surface area contributed by atoms with Gasteiger partial charge in [-0.2, -0.15) is 11.8 Å². The summed E-state index contributed by atoms with van der Waals surface area (Å²) in [6.45, 7) is 7.17. The van der Waals surface area contributed by atoms with Gasteiger partial charge in [0.2, 0.25) is 11.8 Å². The van der Waals surface area contributed by atoms with E-state index in [1.54, 1.807) is 32.9 Å². The Morgan fingerprint density at radius 1 is 1.10 bits per heavy atom. The first-order valence-corrected chi connectivity index (χ1v) is 14.7. The Bertz CT molecular complexity index is 936. The summed E-state index contributed by atoms with van der Waals surface area (Å²) in [7, 11) is 1.21. The van der Waals surface area contributed by atoms with Gasteiger partial charge in [-0.25, -0.2) is 4.79 Å². The minimum atomic E-state index is -1.15. The lowest BCUT2D eigenvalue weighted by Gasteiger charge is -2.34. The van der Waals surface area contributed by atoms with Crippen molar-refractivity contribution < 1.29 is 33.8 Å². The second kappa shape index (κ2) is 17.6. The topological polar surface area (TPSA) is 134 Å². The van der Waals surface area contributed by atoms with Crippen LogP contribution in [0.15, 0.2) is 24.3 Å². The summed E-state index contributed by atoms with van der Waals surface area (Å²) >= 11 is 1.53. The Hall–Kier alpha value is -2.95. The normalized spacial score (nSPS) is 12.7. The number of thioether (sulfide) groups is 1. The number of hydrogen-bond acceptors (Lipinski definition) is 8. The number of phenols is 1. The van der Waals surface area contributed by atoms with Crippen LogP contribution in [0, 0.1) is 0 Å². The van der Waals surface area contributed by atoms with Gasteiger partial charge < -0.3 is 30.1 Å². The predicted octanol–water partition coefficient (Wildman–Crippen LogP) is 4.17. The van der Waals surface area contributed by atoms with Crippen molar-refractivity contribution in [1.29, 1.82) is 0 Å². The maximum Gasteiger partial charge on any atom is 0.408 e. The quantitative estimate of drug-likeness (QED) is 0.200. The number of nitrogens with one attached hydrogen (secondary N) is 2. The summed E-state index contributed by atoms with van der Waals surface area (Å²) in [5.41, 5.74) is -0.381. The van der Waals surface area contributed by atoms with E-state index in [2.05, 4.69) is 22.3 Å². The fraction of sp³-hybridized carbons (Fsp3) is 0.643. The first-order chi connectivity index (χ1) is 18.4. The molecule has 10 nitrogen and oxygen atoms in total. The molecule has 3 amide bonds. The number of amides is 3. The molecule has 0 bridgehead atoms. The van der Waals surface area contributed by atoms with E-state index in [-0.39, 0.29) is 18.8 Å². The largest absolute Gasteiger partial charge is 0.508 e. The van der Waals surface area contributed by atoms with E-state index in [0.29, 0.717) is 24.2 Å². The Morgan fingerprint density at radius 2 is 1.79 bits per heavy atom. The number of methoxy groups -OCH3 is 1. The molecule has 1 aromatic carbocycles. The van der Waals surface area contributed by atoms with Crippen molar-refractivity contribution in [3.8, 4) is 5.75 Å². The molecule has 0 saturated heterocycles. The van der Waals surface area contributed by atoms with E-state index in [0.717, 1.165) is 25.7 Å². The van der Waals surface area contributed by atoms with E-state index in [9.17, 15) is 24.3 Å². The van der Waals surface area contributed by atoms with Gasteiger partial charge >= 0.3 is 12.1 Å². The number of rotatable bonds is 16. The van der Waals surface area contributed by atoms with Gasteiger partial charge in [0.1, 0.15) is 30.0 Å². The Morgan fingerprint density at radius 3 is 2.38 bits per heavy atom. The fourth-order valence-corrected chi connectivity index (χ4v) is 4.36. The van der Waals surface area contributed by atoms with E-state index >= 15 is 0 Å². The molecule has 1 aromatic rings. The zero-order chi connectivity index (χ0) is 29.4. The van der Waals surface area contributed by atoms with Gasteiger partial charge in [0.05, 0.1) is 7.11 Å². The number of nitrogens with zero attached hydrogens (tertiary/aromatic N) is 1. The first-order valence-electron chi connectivity index (χ1n) is 13.4. The number of carbonyl (C=O) groups excluding carboxylic acids is 4. The van der Waals surface area contributed by atoms with Crippen molar-refractivity contribution in [2.24, 2.45) is 0 Å². The van der Waals surface area contributed by atoms with Crippen LogP contribution in [0.25, 0.3) is 0 Å². The summed E-state index contributed by atoms with van der Waals surface area (Å²) < 4.78 is 10.0. The molecule has 0 spiro atoms. The molecule has 0 radical (unpaired) electrons. The number of hydrogen-bond donors (Lipinski definition) is 3. The zero-order valence-corrected chi connectivity index (χ0v) is 24.9. The fourth-order valence-electron chi connectivity index (χ4n) is 3.89. The average molecular weight is 568 g/mol. The molecular weight excluding hydrogens is 522 g/mol. The summed E-state index contributed by atoms with van der Waals surface area (Å²) in [4.78, 5) is 53.4. The lowest BCUT2D eigenvalue weighted by Crippen LogP contribution is -2.53. The first kappa shape index (κ1) is 34.1. The van der Waals surface area contributed by atoms with Gasteiger partial charge in [-0.1, -0.05) is 44.7 Å². The maximum absolute atomic E-state index is 14.1. The van der Waals surface area contributed by atoms with Gasteiger partial charge in [-0.3, -0.25) is 14.4 Å². The number of benzene rings is 1. The highest BCUT2D eigenvalue weighted by molar-refractivity contribution is 7.98. The van der Waals surface area contributed by atoms with Crippen molar-refractivity contribution in [3.63, 3.8) is 0 Å². The smallest absolute Gasteiger partial charge is 0.408 e. The Balaban J connectivity index is 3.44. The van der Waals surface area contributed by atoms with Crippen molar-refractivity contribution in [1.82, 2.24) is 15.5 Å². The van der Waals surface area contributed by atoms with Gasteiger partial charge in [-0.05, 0) is 63.3 Å². The third-order valence-corrected chi connectivity index (χ3v) is 6.41. The van der Waals surface area contributed by atoms with Gasteiger partial charge in [0.25, 0.3) is 0 Å². The number of phenolic OH excluding ortho intramolecular Hbond substituents is 1. The maximum atomic E-state index is 14.1. The minimum absolute atomic E-state index is 0.0700. The third kappa shape index (κ3) is 13.1. The zero-order valence-electron chi connectivity index (χ0n) is 24.1. The molecular formula is C28H45N3O7S. The molecule has 2 atom stereocenters. The number of carbonyl (C=O) groups is 4. The summed E-state index contributed by atoms with van der Waals surface area (Å²) in [6, 6.07) is 4.00. The highest BCUT2D eigenvalue weighted by atomic mass is 32.2. The highest BCUT2D eigenvalue weighted by Gasteiger charge is 2.36. The van der Waals surface area contributed by atoms with E-state index in [1.807, 2.05) is 6.26 Å². The van der Waals surface area contributed by atoms with Crippen molar-refractivity contribution in [2.45, 2.75) is 83.9 Å². The van der Waals surface area contributed by atoms with Gasteiger partial charge in [0.15, 0.2) is 0 Å². The average Bonchev–Trinajstić information content (AvgIpc) is 2.87. The van der Waals surface area contributed by atoms with Crippen LogP contribution in [0.1, 0.15) is 77.8 Å². The third-order valence-electron chi connectivity index (χ3n) is 5.77. The summed E-state index contributed by atoms with van der Waals surface area (Å²) in [6.07, 6.45) is 6.07. The molecule has 0 aliphatic carbocycles. The number of alkyl carbamates (subject to hydrolysis) is 1. The van der Waals surface area contributed by atoms with Crippen molar-refractivity contribution in [3.05, 3.63) is 29.8 Å². The SMILES string of the molecule is CCCCCCCN(C(=O)C(CCSC)NC(=O)OC(C)(C)C)C(C(=O)NCC(=O)OC)c1cccc(O)c1. The van der Waals surface area contributed by atoms with Crippen LogP contribution in [0.4, 0.5) is 4.79 Å². The lowest BCUT2D eigenvalue weighted by molar-refractivity contribution is -0.144. The van der Waals surface area contributed by atoms with Crippen LogP contribution in [0.5, 0.6) is 5.75 Å². The minimum Gasteiger partial charge on any atom is -0.508 e. The molecule has 0 saturated carbocycles. The Labute approximate surface area is 236 Å². The molecule has 0 fully saturated rings. The number of esters is 1. The highest BCUT2D eigenvalue weighted by Crippen LogP contribution is 2.27. The monoisotopic (exact) mass is 567 g/mol. The van der Waals surface area contributed by atoms with Gasteiger partial charge in [0, 0.05) is 6.54 Å². The van der Waals surface area contributed by atoms with Crippen LogP contribution >= 0.6 is 11.8 Å². The molecule has 220 valence electrons. The second-order valence-corrected chi connectivity index (χ2v) is 11.2. The standard InChI is InChI=1S/C28H45N3O7S/c1-7-8-9-10-11-16-31(26(35)22(15-17-39-6)30-27(36)38-28(2,3)4)24(20-13-12-14-21(32)18-20)25(34)29-19-23(33)37-5/h12-14,18,22,24,32H,7-11,15-17,19H2,1-6H3,(H,29,34)(H,30,36). The number of ether oxygens (including phenoxy) is 2. The van der Waals surface area contributed by atoms with Crippen molar-refractivity contribution >= 4 is 35.6 Å². The van der Waals surface area contributed by atoms with Crippen LogP contribution in [-0.4, -0.2) is 77.7 Å². The summed E-state index contributed by atoms with van der Waals surface area (Å²) in [5, 5.41) is 15.4. The molecule has 39 heavy (non-hydrogen) atoms. The molecule has 0 aliphatic rings. The van der Waals surface area contributed by atoms with E-state index < -0.39 is 41.6 Å². The van der Waals surface area contributed by atoms with Gasteiger partial charge in [-0.15, -0.1) is 0 Å². The van der Waals surface area contributed by atoms with E-state index in [1.165, 1.54) is 35.9 Å². The molecule has 1 rings (SSSR count). The van der Waals surface area contributed by atoms with Crippen LogP contribution in [0.3, 0.4) is 0 Å². The van der Waals surface area contributed by atoms with Crippen LogP contribution in [-0.2, 0) is 23.9 Å². The molecule has 11 heteroatoms. The lowest BCUT2D eigenvalue weighted by atomic mass is 10.0. The Kier molecular flexibility index (Phi) is 15.4. The molecule has 0 aliphatic heterocycles. The predicted molar refractivity (Wildman–Crippen MR) is 153 cm³/mol. The second-order valence-electron chi connectivity index (χ2n) is 10.2. The molecule has 2 unspecified atom stereocenters. The molecule has 0 heterocycles. The summed E-state index contributed by atoms with van der Waals surface area (Å²) in [5.74, 6) is -1.18. The van der Waals surface area contributed by atoms with Crippen LogP contribution < -0.4 is 10.6 Å². The van der Waals surface area contributed by atoms with Crippen LogP contribution in [0.2, 0.25) is 0 Å². The molecule has 3 N–H and O–H groups in total. The number of aromatic hydroxyl groups is 1.